The van der Waals surface area contributed by atoms with Crippen molar-refractivity contribution >= 4 is 33.3 Å². The predicted molar refractivity (Wildman–Crippen MR) is 78.3 cm³/mol. The van der Waals surface area contributed by atoms with Crippen LogP contribution in [-0.2, 0) is 6.42 Å². The maximum absolute atomic E-state index is 6.14. The Labute approximate surface area is 120 Å². The van der Waals surface area contributed by atoms with Crippen molar-refractivity contribution in [2.45, 2.75) is 13.3 Å². The fourth-order valence-corrected chi connectivity index (χ4v) is 2.25. The Balaban J connectivity index is 2.36. The Morgan fingerprint density at radius 3 is 2.67 bits per heavy atom. The second kappa shape index (κ2) is 5.67. The van der Waals surface area contributed by atoms with E-state index in [0.29, 0.717) is 6.42 Å². The van der Waals surface area contributed by atoms with E-state index >= 15 is 0 Å². The molecule has 18 heavy (non-hydrogen) atoms. The largest absolute Gasteiger partial charge is 0.372 e. The molecule has 94 valence electrons. The van der Waals surface area contributed by atoms with Gasteiger partial charge in [-0.1, -0.05) is 29.8 Å². The lowest BCUT2D eigenvalue weighted by Gasteiger charge is -2.09. The molecule has 0 aliphatic heterocycles. The van der Waals surface area contributed by atoms with E-state index in [1.165, 1.54) is 0 Å². The predicted octanol–water partition coefficient (Wildman–Crippen LogP) is 3.83. The van der Waals surface area contributed by atoms with Crippen LogP contribution in [0.3, 0.4) is 0 Å². The average molecular weight is 327 g/mol. The van der Waals surface area contributed by atoms with Gasteiger partial charge in [0.15, 0.2) is 0 Å². The summed E-state index contributed by atoms with van der Waals surface area (Å²) < 4.78 is 0.896. The molecule has 0 amide bonds. The standard InChI is InChI=1S/C13H13BrClN3/c1-8-12(14)13(16-2)18-11(17-8)7-9-5-3-4-6-10(9)15/h3-6H,7H2,1-2H3,(H,16,17,18). The average Bonchev–Trinajstić information content (AvgIpc) is 2.36. The Morgan fingerprint density at radius 2 is 2.00 bits per heavy atom. The zero-order chi connectivity index (χ0) is 13.1. The summed E-state index contributed by atoms with van der Waals surface area (Å²) >= 11 is 9.60. The van der Waals surface area contributed by atoms with Crippen molar-refractivity contribution in [3.63, 3.8) is 0 Å². The summed E-state index contributed by atoms with van der Waals surface area (Å²) in [4.78, 5) is 8.92. The third-order valence-electron chi connectivity index (χ3n) is 2.61. The van der Waals surface area contributed by atoms with Crippen LogP contribution in [0.5, 0.6) is 0 Å². The summed E-state index contributed by atoms with van der Waals surface area (Å²) in [5.41, 5.74) is 1.94. The molecule has 0 bridgehead atoms. The van der Waals surface area contributed by atoms with Gasteiger partial charge in [0.25, 0.3) is 0 Å². The first-order chi connectivity index (χ1) is 8.61. The SMILES string of the molecule is CNc1nc(Cc2ccccc2Cl)nc(C)c1Br. The lowest BCUT2D eigenvalue weighted by molar-refractivity contribution is 0.936. The van der Waals surface area contributed by atoms with Gasteiger partial charge < -0.3 is 5.32 Å². The van der Waals surface area contributed by atoms with Gasteiger partial charge in [-0.25, -0.2) is 9.97 Å². The van der Waals surface area contributed by atoms with Gasteiger partial charge in [0.2, 0.25) is 0 Å². The van der Waals surface area contributed by atoms with Crippen molar-refractivity contribution in [1.82, 2.24) is 9.97 Å². The van der Waals surface area contributed by atoms with Gasteiger partial charge in [0, 0.05) is 18.5 Å². The Kier molecular flexibility index (Phi) is 4.19. The molecule has 2 rings (SSSR count). The number of hydrogen-bond donors (Lipinski definition) is 1. The lowest BCUT2D eigenvalue weighted by Crippen LogP contribution is -2.04. The number of aryl methyl sites for hydroxylation is 1. The third kappa shape index (κ3) is 2.82. The molecule has 0 fully saturated rings. The molecule has 1 aromatic heterocycles. The van der Waals surface area contributed by atoms with E-state index in [0.717, 1.165) is 32.4 Å². The fraction of sp³-hybridized carbons (Fsp3) is 0.231. The number of nitrogens with one attached hydrogen (secondary N) is 1. The molecule has 0 saturated heterocycles. The number of halogens is 2. The van der Waals surface area contributed by atoms with Gasteiger partial charge in [-0.3, -0.25) is 0 Å². The molecule has 0 unspecified atom stereocenters. The summed E-state index contributed by atoms with van der Waals surface area (Å²) in [5.74, 6) is 1.55. The zero-order valence-corrected chi connectivity index (χ0v) is 12.5. The summed E-state index contributed by atoms with van der Waals surface area (Å²) in [7, 11) is 1.84. The highest BCUT2D eigenvalue weighted by atomic mass is 79.9. The van der Waals surface area contributed by atoms with Crippen LogP contribution in [0, 0.1) is 6.92 Å². The molecule has 1 N–H and O–H groups in total. The lowest BCUT2D eigenvalue weighted by atomic mass is 10.1. The topological polar surface area (TPSA) is 37.8 Å². The van der Waals surface area contributed by atoms with Crippen molar-refractivity contribution in [2.75, 3.05) is 12.4 Å². The first-order valence-corrected chi connectivity index (χ1v) is 6.73. The molecule has 1 heterocycles. The highest BCUT2D eigenvalue weighted by Crippen LogP contribution is 2.24. The number of nitrogens with zero attached hydrogens (tertiary/aromatic N) is 2. The number of hydrogen-bond acceptors (Lipinski definition) is 3. The van der Waals surface area contributed by atoms with Gasteiger partial charge >= 0.3 is 0 Å². The molecule has 0 atom stereocenters. The molecule has 5 heteroatoms. The summed E-state index contributed by atoms with van der Waals surface area (Å²) in [5, 5.41) is 3.79. The summed E-state index contributed by atoms with van der Waals surface area (Å²) in [6.07, 6.45) is 0.627. The van der Waals surface area contributed by atoms with Crippen LogP contribution in [0.2, 0.25) is 5.02 Å². The molecule has 0 spiro atoms. The number of rotatable bonds is 3. The van der Waals surface area contributed by atoms with Crippen molar-refractivity contribution in [3.05, 3.63) is 50.8 Å². The van der Waals surface area contributed by atoms with Crippen LogP contribution in [0.4, 0.5) is 5.82 Å². The number of anilines is 1. The number of benzene rings is 1. The minimum Gasteiger partial charge on any atom is -0.372 e. The maximum Gasteiger partial charge on any atom is 0.144 e. The first-order valence-electron chi connectivity index (χ1n) is 5.56. The molecule has 0 saturated carbocycles. The van der Waals surface area contributed by atoms with Gasteiger partial charge in [0.1, 0.15) is 11.6 Å². The van der Waals surface area contributed by atoms with Gasteiger partial charge in [0.05, 0.1) is 10.2 Å². The highest BCUT2D eigenvalue weighted by Gasteiger charge is 2.09. The van der Waals surface area contributed by atoms with Crippen molar-refractivity contribution in [2.24, 2.45) is 0 Å². The minimum atomic E-state index is 0.627. The van der Waals surface area contributed by atoms with E-state index in [9.17, 15) is 0 Å². The zero-order valence-electron chi connectivity index (χ0n) is 10.2. The van der Waals surface area contributed by atoms with E-state index in [2.05, 4.69) is 31.2 Å². The summed E-state index contributed by atoms with van der Waals surface area (Å²) in [6.45, 7) is 1.95. The van der Waals surface area contributed by atoms with E-state index in [1.54, 1.807) is 0 Å². The van der Waals surface area contributed by atoms with Crippen molar-refractivity contribution < 1.29 is 0 Å². The third-order valence-corrected chi connectivity index (χ3v) is 3.92. The smallest absolute Gasteiger partial charge is 0.144 e. The molecule has 3 nitrogen and oxygen atoms in total. The Bertz CT molecular complexity index is 572. The second-order valence-electron chi connectivity index (χ2n) is 3.91. The molecule has 0 aliphatic rings. The van der Waals surface area contributed by atoms with Gasteiger partial charge in [-0.15, -0.1) is 0 Å². The molecule has 0 aliphatic carbocycles. The number of aromatic nitrogens is 2. The Hall–Kier alpha value is -1.13. The van der Waals surface area contributed by atoms with Gasteiger partial charge in [-0.2, -0.15) is 0 Å². The van der Waals surface area contributed by atoms with Crippen LogP contribution >= 0.6 is 27.5 Å². The normalized spacial score (nSPS) is 10.4. The first kappa shape index (κ1) is 13.3. The quantitative estimate of drug-likeness (QED) is 0.931. The molecular weight excluding hydrogens is 314 g/mol. The summed E-state index contributed by atoms with van der Waals surface area (Å²) in [6, 6.07) is 7.74. The van der Waals surface area contributed by atoms with Crippen LogP contribution in [0.1, 0.15) is 17.1 Å². The minimum absolute atomic E-state index is 0.627. The van der Waals surface area contributed by atoms with Gasteiger partial charge in [-0.05, 0) is 34.5 Å². The van der Waals surface area contributed by atoms with E-state index in [-0.39, 0.29) is 0 Å². The van der Waals surface area contributed by atoms with Crippen molar-refractivity contribution in [3.8, 4) is 0 Å². The molecule has 1 aromatic carbocycles. The molecule has 2 aromatic rings. The fourth-order valence-electron chi connectivity index (χ4n) is 1.67. The Morgan fingerprint density at radius 1 is 1.28 bits per heavy atom. The van der Waals surface area contributed by atoms with Crippen LogP contribution < -0.4 is 5.32 Å². The van der Waals surface area contributed by atoms with Crippen LogP contribution in [0.25, 0.3) is 0 Å². The van der Waals surface area contributed by atoms with Crippen LogP contribution in [-0.4, -0.2) is 17.0 Å². The van der Waals surface area contributed by atoms with Crippen molar-refractivity contribution in [1.29, 1.82) is 0 Å². The molecular formula is C13H13BrClN3. The van der Waals surface area contributed by atoms with Crippen LogP contribution in [0.15, 0.2) is 28.7 Å². The molecule has 0 radical (unpaired) electrons. The second-order valence-corrected chi connectivity index (χ2v) is 5.11. The monoisotopic (exact) mass is 325 g/mol. The van der Waals surface area contributed by atoms with E-state index in [4.69, 9.17) is 11.6 Å². The van der Waals surface area contributed by atoms with E-state index < -0.39 is 0 Å². The highest BCUT2D eigenvalue weighted by molar-refractivity contribution is 9.10. The maximum atomic E-state index is 6.14. The van der Waals surface area contributed by atoms with E-state index in [1.807, 2.05) is 38.2 Å².